The number of hydrogen-bond acceptors (Lipinski definition) is 3. The van der Waals surface area contributed by atoms with Crippen molar-refractivity contribution in [2.75, 3.05) is 7.05 Å². The maximum Gasteiger partial charge on any atom is 0.416 e. The standard InChI is InChI=1S/C26H22ClF3N4O2/c1-32(14-17-6-10-19(11-7-17)26(28,29)30)24(36)16-34-22-5-3-2-4-21(22)33(25(34)31)15-23(35)18-8-12-20(27)13-9-18/h2-13,31H,14-16H2,1H3. The number of likely N-dealkylation sites (N-methyl/N-ethyl adjacent to an activating group) is 1. The summed E-state index contributed by atoms with van der Waals surface area (Å²) in [7, 11) is 1.55. The first-order chi connectivity index (χ1) is 17.0. The Labute approximate surface area is 209 Å². The normalized spacial score (nSPS) is 11.6. The molecule has 36 heavy (non-hydrogen) atoms. The summed E-state index contributed by atoms with van der Waals surface area (Å²) in [5, 5.41) is 9.19. The van der Waals surface area contributed by atoms with Gasteiger partial charge in [-0.15, -0.1) is 0 Å². The van der Waals surface area contributed by atoms with Crippen molar-refractivity contribution in [1.29, 1.82) is 5.41 Å². The van der Waals surface area contributed by atoms with E-state index in [1.54, 1.807) is 55.6 Å². The van der Waals surface area contributed by atoms with Crippen molar-refractivity contribution >= 4 is 34.3 Å². The van der Waals surface area contributed by atoms with Crippen molar-refractivity contribution in [1.82, 2.24) is 14.0 Å². The number of nitrogens with one attached hydrogen (secondary N) is 1. The predicted octanol–water partition coefficient (Wildman–Crippen LogP) is 5.14. The Balaban J connectivity index is 1.55. The van der Waals surface area contributed by atoms with E-state index in [-0.39, 0.29) is 36.9 Å². The molecular formula is C26H22ClF3N4O2. The third-order valence-electron chi connectivity index (χ3n) is 5.86. The first-order valence-corrected chi connectivity index (χ1v) is 11.3. The number of Topliss-reactive ketones (excluding diaryl/α,β-unsaturated/α-hetero) is 1. The second-order valence-electron chi connectivity index (χ2n) is 8.36. The summed E-state index contributed by atoms with van der Waals surface area (Å²) in [4.78, 5) is 27.2. The smallest absolute Gasteiger partial charge is 0.340 e. The van der Waals surface area contributed by atoms with Gasteiger partial charge in [0.15, 0.2) is 5.78 Å². The van der Waals surface area contributed by atoms with Crippen LogP contribution in [0.1, 0.15) is 21.5 Å². The zero-order chi connectivity index (χ0) is 26.0. The molecule has 0 aliphatic carbocycles. The van der Waals surface area contributed by atoms with E-state index in [9.17, 15) is 22.8 Å². The second kappa shape index (κ2) is 10.0. The number of hydrogen-bond donors (Lipinski definition) is 1. The fourth-order valence-corrected chi connectivity index (χ4v) is 4.03. The molecule has 0 aliphatic heterocycles. The summed E-state index contributed by atoms with van der Waals surface area (Å²) in [6.07, 6.45) is -4.43. The van der Waals surface area contributed by atoms with Crippen LogP contribution >= 0.6 is 11.6 Å². The van der Waals surface area contributed by atoms with Gasteiger partial charge in [0, 0.05) is 24.2 Å². The van der Waals surface area contributed by atoms with Gasteiger partial charge in [0.25, 0.3) is 0 Å². The third-order valence-corrected chi connectivity index (χ3v) is 6.11. The van der Waals surface area contributed by atoms with E-state index >= 15 is 0 Å². The Bertz CT molecular complexity index is 1470. The van der Waals surface area contributed by atoms with E-state index in [0.29, 0.717) is 27.2 Å². The minimum Gasteiger partial charge on any atom is -0.340 e. The lowest BCUT2D eigenvalue weighted by Crippen LogP contribution is -2.35. The second-order valence-corrected chi connectivity index (χ2v) is 8.80. The largest absolute Gasteiger partial charge is 0.416 e. The highest BCUT2D eigenvalue weighted by molar-refractivity contribution is 6.30. The predicted molar refractivity (Wildman–Crippen MR) is 129 cm³/mol. The minimum atomic E-state index is -4.43. The maximum atomic E-state index is 13.0. The quantitative estimate of drug-likeness (QED) is 0.347. The molecule has 6 nitrogen and oxygen atoms in total. The van der Waals surface area contributed by atoms with Gasteiger partial charge in [-0.2, -0.15) is 13.2 Å². The Morgan fingerprint density at radius 1 is 0.889 bits per heavy atom. The third kappa shape index (κ3) is 5.36. The number of aromatic nitrogens is 2. The van der Waals surface area contributed by atoms with E-state index in [2.05, 4.69) is 0 Å². The lowest BCUT2D eigenvalue weighted by atomic mass is 10.1. The highest BCUT2D eigenvalue weighted by Crippen LogP contribution is 2.29. The molecule has 4 aromatic rings. The first-order valence-electron chi connectivity index (χ1n) is 11.0. The van der Waals surface area contributed by atoms with E-state index < -0.39 is 11.7 Å². The van der Waals surface area contributed by atoms with Crippen LogP contribution in [0.5, 0.6) is 0 Å². The van der Waals surface area contributed by atoms with Crippen molar-refractivity contribution in [3.63, 3.8) is 0 Å². The van der Waals surface area contributed by atoms with Gasteiger partial charge in [-0.1, -0.05) is 35.9 Å². The Kier molecular flexibility index (Phi) is 7.03. The highest BCUT2D eigenvalue weighted by Gasteiger charge is 2.30. The topological polar surface area (TPSA) is 71.1 Å². The van der Waals surface area contributed by atoms with E-state index in [4.69, 9.17) is 17.0 Å². The number of fused-ring (bicyclic) bond motifs is 1. The average molecular weight is 515 g/mol. The molecule has 0 radical (unpaired) electrons. The number of halogens is 4. The van der Waals surface area contributed by atoms with Crippen LogP contribution in [-0.4, -0.2) is 32.8 Å². The van der Waals surface area contributed by atoms with Crippen LogP contribution in [0.4, 0.5) is 13.2 Å². The van der Waals surface area contributed by atoms with Gasteiger partial charge in [-0.05, 0) is 54.1 Å². The van der Waals surface area contributed by atoms with Gasteiger partial charge in [0.2, 0.25) is 11.5 Å². The van der Waals surface area contributed by atoms with Gasteiger partial charge >= 0.3 is 6.18 Å². The van der Waals surface area contributed by atoms with E-state index in [1.165, 1.54) is 26.2 Å². The van der Waals surface area contributed by atoms with Crippen LogP contribution in [0.3, 0.4) is 0 Å². The van der Waals surface area contributed by atoms with Crippen molar-refractivity contribution in [2.45, 2.75) is 25.8 Å². The Hall–Kier alpha value is -3.85. The van der Waals surface area contributed by atoms with Crippen LogP contribution in [0.25, 0.3) is 11.0 Å². The number of benzene rings is 3. The number of imidazole rings is 1. The Morgan fingerprint density at radius 3 is 2.00 bits per heavy atom. The van der Waals surface area contributed by atoms with Gasteiger partial charge in [-0.25, -0.2) is 0 Å². The van der Waals surface area contributed by atoms with Crippen LogP contribution in [0.2, 0.25) is 5.02 Å². The minimum absolute atomic E-state index is 0.0187. The molecule has 0 saturated carbocycles. The number of ketones is 1. The number of carbonyl (C=O) groups is 2. The fraction of sp³-hybridized carbons (Fsp3) is 0.192. The lowest BCUT2D eigenvalue weighted by molar-refractivity contribution is -0.137. The summed E-state index contributed by atoms with van der Waals surface area (Å²) in [6.45, 7) is -0.152. The molecule has 1 heterocycles. The molecule has 4 rings (SSSR count). The molecule has 0 bridgehead atoms. The molecule has 1 amide bonds. The summed E-state index contributed by atoms with van der Waals surface area (Å²) in [5.74, 6) is -0.542. The monoisotopic (exact) mass is 514 g/mol. The molecular weight excluding hydrogens is 493 g/mol. The number of nitrogens with zero attached hydrogens (tertiary/aromatic N) is 3. The first kappa shape index (κ1) is 25.2. The number of carbonyl (C=O) groups excluding carboxylic acids is 2. The maximum absolute atomic E-state index is 13.0. The Morgan fingerprint density at radius 2 is 1.44 bits per heavy atom. The number of rotatable bonds is 7. The molecule has 0 saturated heterocycles. The molecule has 3 aromatic carbocycles. The molecule has 0 fully saturated rings. The van der Waals surface area contributed by atoms with Crippen molar-refractivity contribution in [2.24, 2.45) is 0 Å². The number of alkyl halides is 3. The zero-order valence-corrected chi connectivity index (χ0v) is 20.0. The fourth-order valence-electron chi connectivity index (χ4n) is 3.90. The zero-order valence-electron chi connectivity index (χ0n) is 19.2. The molecule has 0 atom stereocenters. The van der Waals surface area contributed by atoms with Gasteiger partial charge in [0.05, 0.1) is 23.1 Å². The molecule has 0 unspecified atom stereocenters. The number of para-hydroxylation sites is 2. The van der Waals surface area contributed by atoms with Gasteiger partial charge in [0.1, 0.15) is 6.54 Å². The molecule has 186 valence electrons. The summed E-state index contributed by atoms with van der Waals surface area (Å²) in [5.41, 5.74) is 1.47. The summed E-state index contributed by atoms with van der Waals surface area (Å²) in [6, 6.07) is 18.2. The molecule has 10 heteroatoms. The van der Waals surface area contributed by atoms with Gasteiger partial charge < -0.3 is 14.0 Å². The van der Waals surface area contributed by atoms with Crippen LogP contribution in [-0.2, 0) is 30.6 Å². The van der Waals surface area contributed by atoms with Crippen molar-refractivity contribution < 1.29 is 22.8 Å². The van der Waals surface area contributed by atoms with E-state index in [0.717, 1.165) is 12.1 Å². The van der Waals surface area contributed by atoms with Gasteiger partial charge in [-0.3, -0.25) is 15.0 Å². The molecule has 0 spiro atoms. The molecule has 0 aliphatic rings. The van der Waals surface area contributed by atoms with Crippen molar-refractivity contribution in [3.05, 3.63) is 100 Å². The molecule has 1 aromatic heterocycles. The summed E-state index contributed by atoms with van der Waals surface area (Å²) >= 11 is 5.90. The number of amides is 1. The SMILES string of the molecule is CN(Cc1ccc(C(F)(F)F)cc1)C(=O)Cn1c(=N)n(CC(=O)c2ccc(Cl)cc2)c2ccccc21. The summed E-state index contributed by atoms with van der Waals surface area (Å²) < 4.78 is 41.4. The van der Waals surface area contributed by atoms with E-state index in [1.807, 2.05) is 0 Å². The highest BCUT2D eigenvalue weighted by atomic mass is 35.5. The lowest BCUT2D eigenvalue weighted by Gasteiger charge is -2.18. The van der Waals surface area contributed by atoms with Crippen molar-refractivity contribution in [3.8, 4) is 0 Å². The van der Waals surface area contributed by atoms with Crippen LogP contribution < -0.4 is 5.62 Å². The van der Waals surface area contributed by atoms with Crippen LogP contribution in [0.15, 0.2) is 72.8 Å². The molecule has 1 N–H and O–H groups in total. The average Bonchev–Trinajstić information content (AvgIpc) is 3.10. The van der Waals surface area contributed by atoms with Crippen LogP contribution in [0, 0.1) is 5.41 Å².